The van der Waals surface area contributed by atoms with Crippen LogP contribution in [-0.4, -0.2) is 0 Å². The third-order valence-electron chi connectivity index (χ3n) is 22.7. The summed E-state index contributed by atoms with van der Waals surface area (Å²) >= 11 is 0. The van der Waals surface area contributed by atoms with Crippen molar-refractivity contribution < 1.29 is 0 Å². The number of hydrogen-bond acceptors (Lipinski definition) is 0. The molecule has 0 aliphatic carbocycles. The molecule has 10 aromatic carbocycles. The first-order valence-corrected chi connectivity index (χ1v) is 44.9. The second kappa shape index (κ2) is 39.3. The van der Waals surface area contributed by atoms with Crippen LogP contribution < -0.4 is 0 Å². The maximum atomic E-state index is 2.42. The molecule has 10 aromatic rings. The van der Waals surface area contributed by atoms with Crippen LogP contribution in [0.2, 0.25) is 0 Å². The van der Waals surface area contributed by atoms with Gasteiger partial charge in [-0.15, -0.1) is 0 Å². The number of benzene rings is 10. The topological polar surface area (TPSA) is 0 Å². The molecule has 10 rings (SSSR count). The Labute approximate surface area is 735 Å². The Morgan fingerprint density at radius 3 is 0.563 bits per heavy atom. The van der Waals surface area contributed by atoms with Crippen molar-refractivity contribution in [2.24, 2.45) is 0 Å². The first-order valence-electron chi connectivity index (χ1n) is 44.9. The van der Waals surface area contributed by atoms with Gasteiger partial charge in [0.15, 0.2) is 0 Å². The van der Waals surface area contributed by atoms with E-state index < -0.39 is 0 Å². The highest BCUT2D eigenvalue weighted by molar-refractivity contribution is 5.84. The average molecular weight is 1600 g/mol. The van der Waals surface area contributed by atoms with Crippen LogP contribution in [0.25, 0.3) is 21.9 Å². The van der Waals surface area contributed by atoms with Gasteiger partial charge in [-0.25, -0.2) is 0 Å². The third-order valence-corrected chi connectivity index (χ3v) is 22.7. The summed E-state index contributed by atoms with van der Waals surface area (Å²) in [5.74, 6) is 0. The van der Waals surface area contributed by atoms with E-state index in [-0.39, 0.29) is 81.2 Å². The van der Waals surface area contributed by atoms with Gasteiger partial charge in [-0.2, -0.15) is 0 Å². The molecule has 0 aliphatic heterocycles. The molecule has 119 heavy (non-hydrogen) atoms. The minimum Gasteiger partial charge on any atom is -0.0620 e. The molecule has 0 nitrogen and oxygen atoms in total. The molecule has 0 aliphatic rings. The normalized spacial score (nSPS) is 12.9. The molecule has 0 heterocycles. The molecule has 0 saturated heterocycles. The van der Waals surface area contributed by atoms with E-state index in [0.29, 0.717) is 0 Å². The van der Waals surface area contributed by atoms with Gasteiger partial charge in [0.2, 0.25) is 0 Å². The van der Waals surface area contributed by atoms with Crippen molar-refractivity contribution in [3.63, 3.8) is 0 Å². The molecule has 0 bridgehead atoms. The molecule has 0 spiro atoms. The van der Waals surface area contributed by atoms with Gasteiger partial charge < -0.3 is 0 Å². The van der Waals surface area contributed by atoms with Crippen LogP contribution in [0.1, 0.15) is 406 Å². The average Bonchev–Trinajstić information content (AvgIpc) is 0.784. The number of fused-ring (bicyclic) bond motifs is 1. The molecule has 0 unspecified atom stereocenters. The lowest BCUT2D eigenvalue weighted by molar-refractivity contribution is 0.523. The SMILES string of the molecule is CC(C)(C)c1ccc(-c2ccc(C(C)(C)C)cc2)cc1.CC(C)(C)c1ccc(C(C)(C)C)c(C(C)(C)C)c1.CC(C)(C)c1ccc(C(C)(C)C)cc1.CC(C)(C)c1ccc(Cc2ccc(C(C)(C)C)cc2)cc1.CC(C)(C)c1ccc2ccc(C(C)(C)C)cc2c1.CC(C)(C)c1cccc(C(C)(C)C)c1.CC(C)(C)c1ccccc1C(C)(C)C. The monoisotopic (exact) mass is 1600 g/mol. The minimum atomic E-state index is 0.198. The molecular weight excluding hydrogens is 1430 g/mol. The fourth-order valence-electron chi connectivity index (χ4n) is 14.0. The predicted octanol–water partition coefficient (Wildman–Crippen LogP) is 35.7. The van der Waals surface area contributed by atoms with Crippen LogP contribution in [0.3, 0.4) is 0 Å². The van der Waals surface area contributed by atoms with E-state index in [0.717, 1.165) is 6.42 Å². The number of hydrogen-bond donors (Lipinski definition) is 0. The van der Waals surface area contributed by atoms with Gasteiger partial charge in [-0.05, 0) is 204 Å². The summed E-state index contributed by atoms with van der Waals surface area (Å²) in [5, 5.41) is 2.69. The molecular formula is C119H174. The van der Waals surface area contributed by atoms with E-state index in [2.05, 4.69) is 536 Å². The summed E-state index contributed by atoms with van der Waals surface area (Å²) in [6.45, 7) is 102. The van der Waals surface area contributed by atoms with E-state index >= 15 is 0 Å². The second-order valence-corrected chi connectivity index (χ2v) is 49.7. The fourth-order valence-corrected chi connectivity index (χ4v) is 14.0. The predicted molar refractivity (Wildman–Crippen MR) is 538 cm³/mol. The van der Waals surface area contributed by atoms with Gasteiger partial charge in [0.25, 0.3) is 0 Å². The van der Waals surface area contributed by atoms with Crippen molar-refractivity contribution in [3.05, 3.63) is 319 Å². The Balaban J connectivity index is 0.000000294. The van der Waals surface area contributed by atoms with Gasteiger partial charge in [0.1, 0.15) is 0 Å². The van der Waals surface area contributed by atoms with Crippen LogP contribution in [0.4, 0.5) is 0 Å². The molecule has 0 aromatic heterocycles. The van der Waals surface area contributed by atoms with Crippen molar-refractivity contribution in [3.8, 4) is 11.1 Å². The maximum absolute atomic E-state index is 2.42. The van der Waals surface area contributed by atoms with Crippen LogP contribution in [-0.2, 0) is 87.6 Å². The van der Waals surface area contributed by atoms with Crippen LogP contribution in [0.5, 0.6) is 0 Å². The van der Waals surface area contributed by atoms with Crippen LogP contribution >= 0.6 is 0 Å². The summed E-state index contributed by atoms with van der Waals surface area (Å²) in [7, 11) is 0. The quantitative estimate of drug-likeness (QED) is 0.165. The first kappa shape index (κ1) is 104. The molecule has 0 amide bonds. The molecule has 0 heteroatoms. The lowest BCUT2D eigenvalue weighted by Gasteiger charge is -2.32. The highest BCUT2D eigenvalue weighted by Gasteiger charge is 2.29. The lowest BCUT2D eigenvalue weighted by Crippen LogP contribution is -2.23. The largest absolute Gasteiger partial charge is 0.0620 e. The van der Waals surface area contributed by atoms with Crippen molar-refractivity contribution in [1.29, 1.82) is 0 Å². The van der Waals surface area contributed by atoms with Crippen LogP contribution in [0.15, 0.2) is 224 Å². The van der Waals surface area contributed by atoms with Crippen molar-refractivity contribution in [2.45, 2.75) is 399 Å². The zero-order chi connectivity index (χ0) is 91.5. The first-order chi connectivity index (χ1) is 53.5. The standard InChI is InChI=1S/C21H28.C20H26.C18H24.C18H30.3C14H22/c1-20(2,3)18-11-7-16(8-12-18)15-17-9-13-19(14-10-17)21(4,5)6;1-19(2,3)17-11-7-15(8-12-17)16-9-13-18(14-10-16)20(4,5)6;1-17(2,3)15-9-7-13-8-10-16(18(4,5)6)12-14(13)11-15;1-16(2,3)13-10-11-14(17(4,5)6)15(12-13)18(7,8)9;1-13(2,3)11-7-9-12(10-8-11)14(4,5)6;1-13(2,3)11-8-7-9-12(10-11)14(4,5)6;1-13(2,3)11-9-7-8-10-12(11)14(4,5)6/h7-14H,15H2,1-6H3;7-14H,1-6H3;7-12H,1-6H3;10-12H,1-9H3;3*7-10H,1-6H3. The minimum absolute atomic E-state index is 0.198. The highest BCUT2D eigenvalue weighted by atomic mass is 14.3. The van der Waals surface area contributed by atoms with Gasteiger partial charge in [-0.3, -0.25) is 0 Å². The van der Waals surface area contributed by atoms with E-state index in [1.165, 1.54) is 116 Å². The number of rotatable bonds is 3. The zero-order valence-electron chi connectivity index (χ0n) is 85.1. The summed E-state index contributed by atoms with van der Waals surface area (Å²) in [6.07, 6.45) is 1.01. The Morgan fingerprint density at radius 2 is 0.328 bits per heavy atom. The van der Waals surface area contributed by atoms with Gasteiger partial charge in [0.05, 0.1) is 0 Å². The van der Waals surface area contributed by atoms with Gasteiger partial charge in [-0.1, -0.05) is 536 Å². The van der Waals surface area contributed by atoms with E-state index in [9.17, 15) is 0 Å². The summed E-state index contributed by atoms with van der Waals surface area (Å²) < 4.78 is 0. The molecule has 0 radical (unpaired) electrons. The van der Waals surface area contributed by atoms with Crippen LogP contribution in [0, 0.1) is 0 Å². The fraction of sp³-hybridized carbons (Fsp3) is 0.513. The molecule has 0 atom stereocenters. The molecule has 0 fully saturated rings. The van der Waals surface area contributed by atoms with E-state index in [1.807, 2.05) is 0 Å². The highest BCUT2D eigenvalue weighted by Crippen LogP contribution is 2.40. The Kier molecular flexibility index (Phi) is 34.3. The Hall–Kier alpha value is -7.54. The maximum Gasteiger partial charge on any atom is -0.00258 e. The van der Waals surface area contributed by atoms with Gasteiger partial charge in [0, 0.05) is 0 Å². The second-order valence-electron chi connectivity index (χ2n) is 49.7. The van der Waals surface area contributed by atoms with Crippen molar-refractivity contribution >= 4 is 10.8 Å². The third kappa shape index (κ3) is 33.7. The summed E-state index contributed by atoms with van der Waals surface area (Å²) in [5.41, 5.74) is 30.1. The molecule has 0 N–H and O–H groups in total. The Bertz CT molecular complexity index is 4470. The lowest BCUT2D eigenvalue weighted by atomic mass is 9.73. The van der Waals surface area contributed by atoms with Crippen molar-refractivity contribution in [1.82, 2.24) is 0 Å². The Morgan fingerprint density at radius 1 is 0.134 bits per heavy atom. The zero-order valence-corrected chi connectivity index (χ0v) is 85.1. The van der Waals surface area contributed by atoms with Gasteiger partial charge >= 0.3 is 0 Å². The molecule has 0 saturated carbocycles. The summed E-state index contributed by atoms with van der Waals surface area (Å²) in [6, 6.07) is 83.4. The molecule has 650 valence electrons. The van der Waals surface area contributed by atoms with E-state index in [4.69, 9.17) is 0 Å². The smallest absolute Gasteiger partial charge is 0.00258 e. The van der Waals surface area contributed by atoms with Crippen molar-refractivity contribution in [2.75, 3.05) is 0 Å². The summed E-state index contributed by atoms with van der Waals surface area (Å²) in [4.78, 5) is 0. The van der Waals surface area contributed by atoms with E-state index in [1.54, 1.807) is 0 Å².